The number of ketones is 2. The number of allylic oxidation sites excluding steroid dienone is 6. The maximum atomic E-state index is 12.2. The Morgan fingerprint density at radius 2 is 1.26 bits per heavy atom. The maximum Gasteiger partial charge on any atom is 0.160 e. The summed E-state index contributed by atoms with van der Waals surface area (Å²) >= 11 is 0. The fraction of sp³-hybridized carbons (Fsp3) is 0.529. The molecule has 0 aromatic rings. The molecule has 0 heterocycles. The van der Waals surface area contributed by atoms with Crippen LogP contribution in [0, 0.1) is 35.5 Å². The molecule has 0 N–H and O–H groups in total. The van der Waals surface area contributed by atoms with E-state index in [0.717, 1.165) is 0 Å². The number of carbonyl (C=O) groups is 2. The molecule has 0 aliphatic heterocycles. The lowest BCUT2D eigenvalue weighted by atomic mass is 9.59. The fourth-order valence-electron chi connectivity index (χ4n) is 5.03. The molecular formula is C17H18O2. The minimum absolute atomic E-state index is 0.112. The molecule has 0 saturated carbocycles. The van der Waals surface area contributed by atoms with Gasteiger partial charge in [-0.15, -0.1) is 0 Å². The number of rotatable bonds is 0. The zero-order chi connectivity index (χ0) is 13.3. The van der Waals surface area contributed by atoms with Crippen LogP contribution in [0.25, 0.3) is 0 Å². The SMILES string of the molecule is C[C@@H]1C2=C([C@H]3C=C[C@H]2C3)[C@H](C)[C@H]2C(=O)C=CC(=O)[C@H]21. The predicted molar refractivity (Wildman–Crippen MR) is 72.2 cm³/mol. The lowest BCUT2D eigenvalue weighted by Crippen LogP contribution is -2.45. The molecule has 2 bridgehead atoms. The van der Waals surface area contributed by atoms with Gasteiger partial charge in [-0.1, -0.05) is 37.1 Å². The minimum atomic E-state index is -0.112. The number of hydrogen-bond acceptors (Lipinski definition) is 2. The van der Waals surface area contributed by atoms with E-state index in [4.69, 9.17) is 0 Å². The third-order valence-electron chi connectivity index (χ3n) is 5.73. The summed E-state index contributed by atoms with van der Waals surface area (Å²) in [6.45, 7) is 4.30. The topological polar surface area (TPSA) is 34.1 Å². The van der Waals surface area contributed by atoms with Gasteiger partial charge in [0.05, 0.1) is 0 Å². The third kappa shape index (κ3) is 1.27. The normalized spacial score (nSPS) is 46.8. The lowest BCUT2D eigenvalue weighted by Gasteiger charge is -2.43. The van der Waals surface area contributed by atoms with Gasteiger partial charge in [0.1, 0.15) is 0 Å². The van der Waals surface area contributed by atoms with Crippen molar-refractivity contribution in [1.29, 1.82) is 0 Å². The highest BCUT2D eigenvalue weighted by Gasteiger charge is 2.52. The van der Waals surface area contributed by atoms with Gasteiger partial charge < -0.3 is 0 Å². The van der Waals surface area contributed by atoms with Crippen LogP contribution in [0.3, 0.4) is 0 Å². The molecule has 98 valence electrons. The van der Waals surface area contributed by atoms with Gasteiger partial charge in [-0.25, -0.2) is 0 Å². The number of fused-ring (bicyclic) bond motifs is 5. The molecule has 2 heteroatoms. The molecule has 0 fully saturated rings. The second-order valence-corrected chi connectivity index (χ2v) is 6.51. The zero-order valence-electron chi connectivity index (χ0n) is 11.3. The second kappa shape index (κ2) is 3.56. The molecule has 0 unspecified atom stereocenters. The van der Waals surface area contributed by atoms with Gasteiger partial charge in [0, 0.05) is 11.8 Å². The van der Waals surface area contributed by atoms with Crippen molar-refractivity contribution in [3.05, 3.63) is 35.5 Å². The quantitative estimate of drug-likeness (QED) is 0.623. The molecule has 0 aromatic heterocycles. The van der Waals surface area contributed by atoms with Crippen molar-refractivity contribution in [2.45, 2.75) is 20.3 Å². The highest BCUT2D eigenvalue weighted by molar-refractivity contribution is 6.08. The summed E-state index contributed by atoms with van der Waals surface area (Å²) in [4.78, 5) is 24.5. The highest BCUT2D eigenvalue weighted by atomic mass is 16.1. The van der Waals surface area contributed by atoms with E-state index in [1.807, 2.05) is 0 Å². The zero-order valence-corrected chi connectivity index (χ0v) is 11.3. The molecule has 0 spiro atoms. The Morgan fingerprint density at radius 3 is 1.68 bits per heavy atom. The average molecular weight is 254 g/mol. The van der Waals surface area contributed by atoms with Gasteiger partial charge >= 0.3 is 0 Å². The van der Waals surface area contributed by atoms with Crippen molar-refractivity contribution in [2.75, 3.05) is 0 Å². The van der Waals surface area contributed by atoms with E-state index in [9.17, 15) is 9.59 Å². The molecule has 0 radical (unpaired) electrons. The van der Waals surface area contributed by atoms with E-state index < -0.39 is 0 Å². The molecule has 0 saturated heterocycles. The van der Waals surface area contributed by atoms with Crippen LogP contribution in [0.15, 0.2) is 35.5 Å². The van der Waals surface area contributed by atoms with Crippen molar-refractivity contribution >= 4 is 11.6 Å². The Bertz CT molecular complexity index is 530. The van der Waals surface area contributed by atoms with Crippen LogP contribution in [-0.4, -0.2) is 11.6 Å². The summed E-state index contributed by atoms with van der Waals surface area (Å²) in [6.07, 6.45) is 8.78. The van der Waals surface area contributed by atoms with Gasteiger partial charge in [-0.2, -0.15) is 0 Å². The molecule has 6 atom stereocenters. The lowest BCUT2D eigenvalue weighted by molar-refractivity contribution is -0.132. The minimum Gasteiger partial charge on any atom is -0.294 e. The summed E-state index contributed by atoms with van der Waals surface area (Å²) in [7, 11) is 0. The van der Waals surface area contributed by atoms with Crippen LogP contribution >= 0.6 is 0 Å². The van der Waals surface area contributed by atoms with Crippen molar-refractivity contribution in [3.63, 3.8) is 0 Å². The van der Waals surface area contributed by atoms with Crippen molar-refractivity contribution < 1.29 is 9.59 Å². The Morgan fingerprint density at radius 1 is 0.842 bits per heavy atom. The van der Waals surface area contributed by atoms with Crippen LogP contribution < -0.4 is 0 Å². The fourth-order valence-corrected chi connectivity index (χ4v) is 5.03. The summed E-state index contributed by atoms with van der Waals surface area (Å²) in [5.74, 6) is 1.62. The smallest absolute Gasteiger partial charge is 0.160 e. The largest absolute Gasteiger partial charge is 0.294 e. The van der Waals surface area contributed by atoms with E-state index in [0.29, 0.717) is 11.8 Å². The van der Waals surface area contributed by atoms with Gasteiger partial charge in [0.25, 0.3) is 0 Å². The number of carbonyl (C=O) groups excluding carboxylic acids is 2. The van der Waals surface area contributed by atoms with E-state index in [2.05, 4.69) is 26.0 Å². The van der Waals surface area contributed by atoms with E-state index >= 15 is 0 Å². The summed E-state index contributed by atoms with van der Waals surface area (Å²) < 4.78 is 0. The van der Waals surface area contributed by atoms with Crippen LogP contribution in [0.5, 0.6) is 0 Å². The molecule has 0 aromatic carbocycles. The maximum absolute atomic E-state index is 12.2. The molecule has 0 amide bonds. The van der Waals surface area contributed by atoms with Crippen LogP contribution in [0.4, 0.5) is 0 Å². The second-order valence-electron chi connectivity index (χ2n) is 6.51. The first-order chi connectivity index (χ1) is 9.09. The van der Waals surface area contributed by atoms with Crippen LogP contribution in [-0.2, 0) is 9.59 Å². The monoisotopic (exact) mass is 254 g/mol. The number of hydrogen-bond donors (Lipinski definition) is 0. The Labute approximate surface area is 113 Å². The Kier molecular flexibility index (Phi) is 2.13. The van der Waals surface area contributed by atoms with Gasteiger partial charge in [0.2, 0.25) is 0 Å². The first-order valence-electron chi connectivity index (χ1n) is 7.27. The summed E-state index contributed by atoms with van der Waals surface area (Å²) in [6, 6.07) is 0. The molecule has 4 aliphatic carbocycles. The van der Waals surface area contributed by atoms with E-state index in [1.54, 1.807) is 0 Å². The van der Waals surface area contributed by atoms with Gasteiger partial charge in [-0.3, -0.25) is 9.59 Å². The van der Waals surface area contributed by atoms with Crippen molar-refractivity contribution in [1.82, 2.24) is 0 Å². The average Bonchev–Trinajstić information content (AvgIpc) is 2.99. The van der Waals surface area contributed by atoms with Crippen LogP contribution in [0.1, 0.15) is 20.3 Å². The van der Waals surface area contributed by atoms with Gasteiger partial charge in [-0.05, 0) is 42.2 Å². The molecule has 4 rings (SSSR count). The van der Waals surface area contributed by atoms with Crippen LogP contribution in [0.2, 0.25) is 0 Å². The highest BCUT2D eigenvalue weighted by Crippen LogP contribution is 2.57. The molecule has 2 nitrogen and oxygen atoms in total. The summed E-state index contributed by atoms with van der Waals surface area (Å²) in [5, 5.41) is 0. The first-order valence-corrected chi connectivity index (χ1v) is 7.27. The molecule has 4 aliphatic rings. The van der Waals surface area contributed by atoms with Gasteiger partial charge in [0.15, 0.2) is 11.6 Å². The van der Waals surface area contributed by atoms with Crippen molar-refractivity contribution in [2.24, 2.45) is 35.5 Å². The molecule has 19 heavy (non-hydrogen) atoms. The third-order valence-corrected chi connectivity index (χ3v) is 5.73. The Balaban J connectivity index is 1.86. The van der Waals surface area contributed by atoms with E-state index in [1.165, 1.54) is 29.7 Å². The molecular weight excluding hydrogens is 236 g/mol. The van der Waals surface area contributed by atoms with E-state index in [-0.39, 0.29) is 35.2 Å². The Hall–Kier alpha value is -1.44. The standard InChI is InChI=1S/C17H18O2/c1-8-14-10-3-4-11(7-10)15(14)9(2)17-13(19)6-5-12(18)16(8)17/h3-6,8-11,16-17H,7H2,1-2H3/t8-,9+,10-,11-,16-,17+/m0/s1. The first kappa shape index (κ1) is 11.4. The summed E-state index contributed by atoms with van der Waals surface area (Å²) in [5.41, 5.74) is 2.97. The van der Waals surface area contributed by atoms with Crippen molar-refractivity contribution in [3.8, 4) is 0 Å². The predicted octanol–water partition coefficient (Wildman–Crippen LogP) is 2.72.